The molecule has 1 amide bonds. The van der Waals surface area contributed by atoms with E-state index in [4.69, 9.17) is 5.73 Å². The molecule has 4 saturated heterocycles. The third kappa shape index (κ3) is 4.28. The Labute approximate surface area is 160 Å². The minimum atomic E-state index is -0.947. The predicted octanol–water partition coefficient (Wildman–Crippen LogP) is -1.30. The Balaban J connectivity index is 1.41. The number of halogens is 1. The van der Waals surface area contributed by atoms with Gasteiger partial charge in [0.1, 0.15) is 6.17 Å². The highest BCUT2D eigenvalue weighted by Gasteiger charge is 2.47. The maximum absolute atomic E-state index is 13.6. The van der Waals surface area contributed by atoms with Gasteiger partial charge in [0.2, 0.25) is 5.91 Å². The van der Waals surface area contributed by atoms with Gasteiger partial charge in [-0.1, -0.05) is 12.8 Å². The van der Waals surface area contributed by atoms with Gasteiger partial charge in [-0.3, -0.25) is 15.0 Å². The van der Waals surface area contributed by atoms with E-state index in [0.717, 1.165) is 32.6 Å². The van der Waals surface area contributed by atoms with Crippen molar-refractivity contribution in [2.45, 2.75) is 62.7 Å². The Hall–Kier alpha value is -0.840. The fourth-order valence-corrected chi connectivity index (χ4v) is 5.11. The molecule has 0 aromatic carbocycles. The Morgan fingerprint density at radius 3 is 2.70 bits per heavy atom. The van der Waals surface area contributed by atoms with E-state index < -0.39 is 18.3 Å². The molecule has 0 aromatic heterocycles. The zero-order valence-corrected chi connectivity index (χ0v) is 16.0. The quantitative estimate of drug-likeness (QED) is 0.413. The fourth-order valence-electron chi connectivity index (χ4n) is 5.11. The number of hydrazine groups is 1. The van der Waals surface area contributed by atoms with Gasteiger partial charge in [-0.2, -0.15) is 0 Å². The van der Waals surface area contributed by atoms with Crippen molar-refractivity contribution in [3.8, 4) is 0 Å². The van der Waals surface area contributed by atoms with Crippen molar-refractivity contribution in [3.05, 3.63) is 0 Å². The summed E-state index contributed by atoms with van der Waals surface area (Å²) in [5.74, 6) is -0.468. The zero-order chi connectivity index (χ0) is 18.8. The minimum absolute atomic E-state index is 0.0409. The number of amides is 1. The van der Waals surface area contributed by atoms with Gasteiger partial charge in [0.25, 0.3) is 0 Å². The molecular weight excluding hydrogens is 349 g/mol. The van der Waals surface area contributed by atoms with Crippen LogP contribution in [-0.2, 0) is 4.79 Å². The lowest BCUT2D eigenvalue weighted by atomic mass is 9.96. The van der Waals surface area contributed by atoms with Gasteiger partial charge in [-0.25, -0.2) is 14.8 Å². The number of hydrogen-bond donors (Lipinski definition) is 5. The van der Waals surface area contributed by atoms with Gasteiger partial charge >= 0.3 is 0 Å². The Morgan fingerprint density at radius 1 is 1.15 bits per heavy atom. The maximum Gasteiger partial charge on any atom is 0.229 e. The molecule has 6 N–H and O–H groups in total. The molecule has 8 nitrogen and oxygen atoms in total. The molecule has 9 heteroatoms. The van der Waals surface area contributed by atoms with Crippen LogP contribution in [0.1, 0.15) is 32.1 Å². The van der Waals surface area contributed by atoms with Gasteiger partial charge in [0, 0.05) is 25.7 Å². The first-order chi connectivity index (χ1) is 13.1. The maximum atomic E-state index is 13.6. The van der Waals surface area contributed by atoms with Gasteiger partial charge < -0.3 is 16.4 Å². The van der Waals surface area contributed by atoms with E-state index in [9.17, 15) is 9.18 Å². The smallest absolute Gasteiger partial charge is 0.229 e. The second kappa shape index (κ2) is 8.67. The number of nitrogens with zero attached hydrogens (tertiary/aromatic N) is 2. The van der Waals surface area contributed by atoms with Crippen LogP contribution in [0.25, 0.3) is 0 Å². The number of carbonyl (C=O) groups excluding carboxylic acids is 1. The van der Waals surface area contributed by atoms with Crippen LogP contribution in [0.5, 0.6) is 0 Å². The molecule has 4 rings (SSSR count). The number of rotatable bonds is 3. The molecule has 6 unspecified atom stereocenters. The molecule has 154 valence electrons. The van der Waals surface area contributed by atoms with Crippen molar-refractivity contribution in [2.75, 3.05) is 39.3 Å². The fraction of sp³-hybridized carbons (Fsp3) is 0.944. The standard InChI is InChI=1S/C18H34FN7O/c19-12-9-22-17-15(16(20)24-26(17)11-12)18(27)23-13-10-21-6-5-14(13)25-7-3-1-2-4-8-25/h12-17,21-22,24H,1-11,20H2,(H,23,27). The minimum Gasteiger partial charge on any atom is -0.350 e. The molecule has 0 aliphatic carbocycles. The summed E-state index contributed by atoms with van der Waals surface area (Å²) in [7, 11) is 0. The van der Waals surface area contributed by atoms with E-state index in [2.05, 4.69) is 26.3 Å². The highest BCUT2D eigenvalue weighted by molar-refractivity contribution is 5.81. The molecule has 6 atom stereocenters. The Kier molecular flexibility index (Phi) is 6.25. The third-order valence-electron chi connectivity index (χ3n) is 6.51. The lowest BCUT2D eigenvalue weighted by Gasteiger charge is -2.41. The summed E-state index contributed by atoms with van der Waals surface area (Å²) in [6.45, 7) is 4.55. The van der Waals surface area contributed by atoms with Gasteiger partial charge in [-0.05, 0) is 38.9 Å². The first-order valence-corrected chi connectivity index (χ1v) is 10.5. The van der Waals surface area contributed by atoms with Crippen molar-refractivity contribution < 1.29 is 9.18 Å². The molecule has 27 heavy (non-hydrogen) atoms. The topological polar surface area (TPSA) is 97.7 Å². The van der Waals surface area contributed by atoms with Gasteiger partial charge in [0.15, 0.2) is 0 Å². The SMILES string of the molecule is NC1NN2CC(F)CNC2C1C(=O)NC1CNCCC1N1CCCCCC1. The van der Waals surface area contributed by atoms with Crippen molar-refractivity contribution in [1.29, 1.82) is 0 Å². The number of hydrogen-bond acceptors (Lipinski definition) is 7. The van der Waals surface area contributed by atoms with Crippen molar-refractivity contribution in [2.24, 2.45) is 11.7 Å². The number of nitrogens with one attached hydrogen (secondary N) is 4. The normalized spacial score (nSPS) is 41.7. The van der Waals surface area contributed by atoms with E-state index >= 15 is 0 Å². The summed E-state index contributed by atoms with van der Waals surface area (Å²) in [4.78, 5) is 15.7. The van der Waals surface area contributed by atoms with Gasteiger partial charge in [0.05, 0.1) is 24.3 Å². The summed E-state index contributed by atoms with van der Waals surface area (Å²) in [5.41, 5.74) is 9.25. The van der Waals surface area contributed by atoms with E-state index in [1.54, 1.807) is 5.01 Å². The van der Waals surface area contributed by atoms with E-state index in [0.29, 0.717) is 6.04 Å². The summed E-state index contributed by atoms with van der Waals surface area (Å²) in [6.07, 6.45) is 4.45. The summed E-state index contributed by atoms with van der Waals surface area (Å²) < 4.78 is 13.6. The Bertz CT molecular complexity index is 516. The van der Waals surface area contributed by atoms with Crippen LogP contribution in [-0.4, -0.2) is 85.7 Å². The zero-order valence-electron chi connectivity index (χ0n) is 16.0. The van der Waals surface area contributed by atoms with Crippen molar-refractivity contribution in [3.63, 3.8) is 0 Å². The molecule has 0 saturated carbocycles. The molecule has 4 aliphatic heterocycles. The number of likely N-dealkylation sites (tertiary alicyclic amines) is 1. The molecule has 0 radical (unpaired) electrons. The van der Waals surface area contributed by atoms with Gasteiger partial charge in [-0.15, -0.1) is 0 Å². The average Bonchev–Trinajstić information content (AvgIpc) is 2.82. The van der Waals surface area contributed by atoms with Crippen LogP contribution in [0.3, 0.4) is 0 Å². The van der Waals surface area contributed by atoms with E-state index in [1.165, 1.54) is 25.7 Å². The molecule has 4 aliphatic rings. The second-order valence-corrected chi connectivity index (χ2v) is 8.41. The lowest BCUT2D eigenvalue weighted by Crippen LogP contribution is -2.63. The summed E-state index contributed by atoms with van der Waals surface area (Å²) >= 11 is 0. The number of carbonyl (C=O) groups is 1. The first-order valence-electron chi connectivity index (χ1n) is 10.5. The molecule has 4 heterocycles. The van der Waals surface area contributed by atoms with Crippen LogP contribution in [0.4, 0.5) is 4.39 Å². The molecule has 0 bridgehead atoms. The number of piperidine rings is 1. The van der Waals surface area contributed by atoms with E-state index in [1.807, 2.05) is 0 Å². The van der Waals surface area contributed by atoms with Crippen LogP contribution in [0.2, 0.25) is 0 Å². The third-order valence-corrected chi connectivity index (χ3v) is 6.51. The van der Waals surface area contributed by atoms with Crippen molar-refractivity contribution >= 4 is 5.91 Å². The highest BCUT2D eigenvalue weighted by atomic mass is 19.1. The average molecular weight is 384 g/mol. The highest BCUT2D eigenvalue weighted by Crippen LogP contribution is 2.23. The largest absolute Gasteiger partial charge is 0.350 e. The summed E-state index contributed by atoms with van der Waals surface area (Å²) in [6, 6.07) is 0.465. The van der Waals surface area contributed by atoms with Crippen LogP contribution >= 0.6 is 0 Å². The van der Waals surface area contributed by atoms with Crippen LogP contribution in [0, 0.1) is 5.92 Å². The Morgan fingerprint density at radius 2 is 1.93 bits per heavy atom. The van der Waals surface area contributed by atoms with Crippen LogP contribution < -0.4 is 27.1 Å². The molecule has 0 spiro atoms. The molecule has 4 fully saturated rings. The number of fused-ring (bicyclic) bond motifs is 1. The summed E-state index contributed by atoms with van der Waals surface area (Å²) in [5, 5.41) is 11.6. The number of alkyl halides is 1. The first kappa shape index (κ1) is 19.5. The van der Waals surface area contributed by atoms with Crippen LogP contribution in [0.15, 0.2) is 0 Å². The second-order valence-electron chi connectivity index (χ2n) is 8.41. The molecule has 0 aromatic rings. The lowest BCUT2D eigenvalue weighted by molar-refractivity contribution is -0.128. The monoisotopic (exact) mass is 383 g/mol. The predicted molar refractivity (Wildman–Crippen MR) is 101 cm³/mol. The van der Waals surface area contributed by atoms with E-state index in [-0.39, 0.29) is 31.2 Å². The molecular formula is C18H34FN7O. The van der Waals surface area contributed by atoms with Crippen molar-refractivity contribution in [1.82, 2.24) is 31.3 Å². The number of nitrogens with two attached hydrogens (primary N) is 1.